The van der Waals surface area contributed by atoms with Crippen molar-refractivity contribution in [3.63, 3.8) is 0 Å². The van der Waals surface area contributed by atoms with Gasteiger partial charge in [0.05, 0.1) is 6.04 Å². The highest BCUT2D eigenvalue weighted by Crippen LogP contribution is 2.45. The van der Waals surface area contributed by atoms with Gasteiger partial charge in [-0.3, -0.25) is 0 Å². The van der Waals surface area contributed by atoms with Crippen molar-refractivity contribution >= 4 is 0 Å². The van der Waals surface area contributed by atoms with Crippen molar-refractivity contribution in [1.82, 2.24) is 10.1 Å². The van der Waals surface area contributed by atoms with E-state index in [0.717, 1.165) is 17.7 Å². The second-order valence-corrected chi connectivity index (χ2v) is 7.08. The third-order valence-electron chi connectivity index (χ3n) is 5.36. The van der Waals surface area contributed by atoms with Crippen LogP contribution in [0.4, 0.5) is 0 Å². The maximum atomic E-state index is 6.10. The number of rotatable bonds is 3. The molecule has 4 atom stereocenters. The first-order valence-corrected chi connectivity index (χ1v) is 8.24. The Bertz CT molecular complexity index is 443. The van der Waals surface area contributed by atoms with E-state index in [-0.39, 0.29) is 6.04 Å². The van der Waals surface area contributed by atoms with E-state index < -0.39 is 0 Å². The van der Waals surface area contributed by atoms with E-state index >= 15 is 0 Å². The number of aromatic nitrogens is 2. The van der Waals surface area contributed by atoms with Crippen LogP contribution in [0.1, 0.15) is 82.5 Å². The Labute approximate surface area is 121 Å². The molecule has 0 bridgehead atoms. The van der Waals surface area contributed by atoms with Crippen molar-refractivity contribution in [2.24, 2.45) is 23.5 Å². The molecule has 4 heteroatoms. The Morgan fingerprint density at radius 3 is 2.60 bits per heavy atom. The monoisotopic (exact) mass is 277 g/mol. The van der Waals surface area contributed by atoms with Crippen molar-refractivity contribution in [2.75, 3.05) is 0 Å². The minimum Gasteiger partial charge on any atom is -0.339 e. The lowest BCUT2D eigenvalue weighted by Gasteiger charge is -2.38. The van der Waals surface area contributed by atoms with E-state index in [2.05, 4.69) is 24.0 Å². The predicted molar refractivity (Wildman–Crippen MR) is 78.1 cm³/mol. The molecule has 0 aliphatic heterocycles. The van der Waals surface area contributed by atoms with Crippen molar-refractivity contribution < 1.29 is 4.52 Å². The fraction of sp³-hybridized carbons (Fsp3) is 0.875. The second kappa shape index (κ2) is 5.84. The number of hydrogen-bond acceptors (Lipinski definition) is 4. The lowest BCUT2D eigenvalue weighted by Crippen LogP contribution is -2.27. The van der Waals surface area contributed by atoms with E-state index in [4.69, 9.17) is 10.3 Å². The molecule has 0 radical (unpaired) electrons. The maximum absolute atomic E-state index is 6.10. The smallest absolute Gasteiger partial charge is 0.229 e. The van der Waals surface area contributed by atoms with Crippen LogP contribution in [0.15, 0.2) is 4.52 Å². The zero-order valence-corrected chi connectivity index (χ0v) is 12.7. The van der Waals surface area contributed by atoms with Gasteiger partial charge in [-0.05, 0) is 37.0 Å². The van der Waals surface area contributed by atoms with Crippen LogP contribution in [-0.2, 0) is 0 Å². The number of nitrogens with two attached hydrogens (primary N) is 1. The summed E-state index contributed by atoms with van der Waals surface area (Å²) >= 11 is 0. The van der Waals surface area contributed by atoms with E-state index in [9.17, 15) is 0 Å². The summed E-state index contributed by atoms with van der Waals surface area (Å²) in [5.74, 6) is 4.17. The van der Waals surface area contributed by atoms with Crippen LogP contribution in [-0.4, -0.2) is 10.1 Å². The largest absolute Gasteiger partial charge is 0.339 e. The first-order chi connectivity index (χ1) is 9.65. The summed E-state index contributed by atoms with van der Waals surface area (Å²) in [4.78, 5) is 4.59. The van der Waals surface area contributed by atoms with Crippen LogP contribution in [0, 0.1) is 17.8 Å². The SMILES string of the molecule is CC(C)C(N)c1noc(C2CCC3CCCCC3C2)n1. The van der Waals surface area contributed by atoms with Crippen LogP contribution in [0.2, 0.25) is 0 Å². The van der Waals surface area contributed by atoms with Gasteiger partial charge < -0.3 is 10.3 Å². The van der Waals surface area contributed by atoms with Crippen LogP contribution in [0.3, 0.4) is 0 Å². The maximum Gasteiger partial charge on any atom is 0.229 e. The third kappa shape index (κ3) is 2.76. The van der Waals surface area contributed by atoms with Gasteiger partial charge in [-0.2, -0.15) is 4.98 Å². The molecule has 0 spiro atoms. The molecular formula is C16H27N3O. The molecule has 1 aromatic heterocycles. The van der Waals surface area contributed by atoms with Gasteiger partial charge in [0.15, 0.2) is 5.82 Å². The van der Waals surface area contributed by atoms with Gasteiger partial charge in [-0.25, -0.2) is 0 Å². The van der Waals surface area contributed by atoms with Crippen LogP contribution >= 0.6 is 0 Å². The fourth-order valence-corrected chi connectivity index (χ4v) is 3.94. The molecule has 3 rings (SSSR count). The molecule has 2 aliphatic carbocycles. The molecule has 0 amide bonds. The normalized spacial score (nSPS) is 32.1. The molecule has 4 nitrogen and oxygen atoms in total. The molecule has 1 aromatic rings. The van der Waals surface area contributed by atoms with Gasteiger partial charge in [-0.1, -0.05) is 44.7 Å². The average Bonchev–Trinajstić information content (AvgIpc) is 2.95. The Hall–Kier alpha value is -0.900. The highest BCUT2D eigenvalue weighted by atomic mass is 16.5. The van der Waals surface area contributed by atoms with Crippen LogP contribution in [0.25, 0.3) is 0 Å². The van der Waals surface area contributed by atoms with Gasteiger partial charge in [0, 0.05) is 5.92 Å². The molecule has 0 saturated heterocycles. The zero-order chi connectivity index (χ0) is 14.1. The van der Waals surface area contributed by atoms with E-state index in [1.807, 2.05) is 0 Å². The molecule has 112 valence electrons. The third-order valence-corrected chi connectivity index (χ3v) is 5.36. The second-order valence-electron chi connectivity index (χ2n) is 7.08. The number of nitrogens with zero attached hydrogens (tertiary/aromatic N) is 2. The van der Waals surface area contributed by atoms with E-state index in [0.29, 0.717) is 17.7 Å². The lowest BCUT2D eigenvalue weighted by molar-refractivity contribution is 0.142. The highest BCUT2D eigenvalue weighted by Gasteiger charge is 2.35. The first kappa shape index (κ1) is 14.1. The Morgan fingerprint density at radius 2 is 1.85 bits per heavy atom. The summed E-state index contributed by atoms with van der Waals surface area (Å²) in [6.07, 6.45) is 9.45. The van der Waals surface area contributed by atoms with Crippen molar-refractivity contribution in [2.45, 2.75) is 70.8 Å². The summed E-state index contributed by atoms with van der Waals surface area (Å²) in [5, 5.41) is 4.11. The molecule has 2 fully saturated rings. The van der Waals surface area contributed by atoms with Crippen molar-refractivity contribution in [3.8, 4) is 0 Å². The number of hydrogen-bond donors (Lipinski definition) is 1. The summed E-state index contributed by atoms with van der Waals surface area (Å²) in [7, 11) is 0. The molecule has 0 aromatic carbocycles. The molecule has 20 heavy (non-hydrogen) atoms. The first-order valence-electron chi connectivity index (χ1n) is 8.24. The standard InChI is InChI=1S/C16H27N3O/c1-10(2)14(17)15-18-16(20-19-15)13-8-7-11-5-3-4-6-12(11)9-13/h10-14H,3-9,17H2,1-2H3. The quantitative estimate of drug-likeness (QED) is 0.912. The molecule has 2 N–H and O–H groups in total. The average molecular weight is 277 g/mol. The van der Waals surface area contributed by atoms with E-state index in [1.165, 1.54) is 44.9 Å². The minimum atomic E-state index is -0.112. The number of fused-ring (bicyclic) bond motifs is 1. The Kier molecular flexibility index (Phi) is 4.11. The molecule has 2 aliphatic rings. The van der Waals surface area contributed by atoms with Gasteiger partial charge in [0.25, 0.3) is 0 Å². The summed E-state index contributed by atoms with van der Waals surface area (Å²) in [5.41, 5.74) is 6.10. The van der Waals surface area contributed by atoms with Crippen LogP contribution < -0.4 is 5.73 Å². The zero-order valence-electron chi connectivity index (χ0n) is 12.7. The molecular weight excluding hydrogens is 250 g/mol. The van der Waals surface area contributed by atoms with Crippen molar-refractivity contribution in [1.29, 1.82) is 0 Å². The topological polar surface area (TPSA) is 64.9 Å². The molecule has 4 unspecified atom stereocenters. The molecule has 1 heterocycles. The van der Waals surface area contributed by atoms with Gasteiger partial charge in [0.2, 0.25) is 5.89 Å². The molecule has 2 saturated carbocycles. The summed E-state index contributed by atoms with van der Waals surface area (Å²) in [6, 6.07) is -0.112. The fourth-order valence-electron chi connectivity index (χ4n) is 3.94. The van der Waals surface area contributed by atoms with Crippen LogP contribution in [0.5, 0.6) is 0 Å². The van der Waals surface area contributed by atoms with Gasteiger partial charge in [0.1, 0.15) is 0 Å². The predicted octanol–water partition coefficient (Wildman–Crippen LogP) is 3.80. The lowest BCUT2D eigenvalue weighted by atomic mass is 9.67. The van der Waals surface area contributed by atoms with Gasteiger partial charge in [-0.15, -0.1) is 0 Å². The van der Waals surface area contributed by atoms with Gasteiger partial charge >= 0.3 is 0 Å². The van der Waals surface area contributed by atoms with Crippen molar-refractivity contribution in [3.05, 3.63) is 11.7 Å². The summed E-state index contributed by atoms with van der Waals surface area (Å²) in [6.45, 7) is 4.18. The Morgan fingerprint density at radius 1 is 1.10 bits per heavy atom. The Balaban J connectivity index is 1.67. The summed E-state index contributed by atoms with van der Waals surface area (Å²) < 4.78 is 5.51. The minimum absolute atomic E-state index is 0.112. The van der Waals surface area contributed by atoms with E-state index in [1.54, 1.807) is 0 Å². The highest BCUT2D eigenvalue weighted by molar-refractivity contribution is 5.01.